The van der Waals surface area contributed by atoms with E-state index >= 15 is 0 Å². The minimum absolute atomic E-state index is 0.197. The average molecular weight is 356 g/mol. The number of methoxy groups -OCH3 is 2. The molecule has 6 nitrogen and oxygen atoms in total. The van der Waals surface area contributed by atoms with Crippen LogP contribution in [0.2, 0.25) is 0 Å². The van der Waals surface area contributed by atoms with Crippen molar-refractivity contribution in [3.63, 3.8) is 0 Å². The summed E-state index contributed by atoms with van der Waals surface area (Å²) in [4.78, 5) is 0. The summed E-state index contributed by atoms with van der Waals surface area (Å²) >= 11 is 0. The number of fused-ring (bicyclic) bond motifs is 1. The molecule has 7 heteroatoms. The molecule has 1 aliphatic rings. The fraction of sp³-hybridized carbons (Fsp3) is 0.647. The molecule has 0 saturated heterocycles. The van der Waals surface area contributed by atoms with Crippen LogP contribution in [0.3, 0.4) is 0 Å². The summed E-state index contributed by atoms with van der Waals surface area (Å²) in [6, 6.07) is 3.70. The van der Waals surface area contributed by atoms with E-state index in [1.165, 1.54) is 0 Å². The second-order valence-electron chi connectivity index (χ2n) is 6.41. The smallest absolute Gasteiger partial charge is 0.280 e. The first-order valence-corrected chi connectivity index (χ1v) is 9.79. The van der Waals surface area contributed by atoms with Crippen molar-refractivity contribution in [3.05, 3.63) is 23.3 Å². The van der Waals surface area contributed by atoms with Gasteiger partial charge in [-0.15, -0.1) is 0 Å². The van der Waals surface area contributed by atoms with Gasteiger partial charge in [0.1, 0.15) is 0 Å². The topological polar surface area (TPSA) is 67.9 Å². The number of hydrogen-bond donors (Lipinski definition) is 1. The zero-order chi connectivity index (χ0) is 17.9. The maximum atomic E-state index is 12.6. The lowest BCUT2D eigenvalue weighted by molar-refractivity contribution is 0.265. The van der Waals surface area contributed by atoms with Gasteiger partial charge in [0, 0.05) is 13.1 Å². The number of benzene rings is 1. The van der Waals surface area contributed by atoms with E-state index in [0.29, 0.717) is 36.9 Å². The highest BCUT2D eigenvalue weighted by Gasteiger charge is 2.36. The monoisotopic (exact) mass is 356 g/mol. The summed E-state index contributed by atoms with van der Waals surface area (Å²) in [5.74, 6) is 1.68. The van der Waals surface area contributed by atoms with Crippen LogP contribution in [0, 0.1) is 5.92 Å². The van der Waals surface area contributed by atoms with Crippen molar-refractivity contribution >= 4 is 10.2 Å². The minimum Gasteiger partial charge on any atom is -0.493 e. The lowest BCUT2D eigenvalue weighted by Crippen LogP contribution is -2.46. The van der Waals surface area contributed by atoms with Gasteiger partial charge in [0.2, 0.25) is 0 Å². The molecule has 0 spiro atoms. The first kappa shape index (κ1) is 19.0. The highest BCUT2D eigenvalue weighted by molar-refractivity contribution is 7.87. The van der Waals surface area contributed by atoms with Crippen molar-refractivity contribution in [1.29, 1.82) is 0 Å². The van der Waals surface area contributed by atoms with Crippen LogP contribution < -0.4 is 14.2 Å². The van der Waals surface area contributed by atoms with Gasteiger partial charge in [-0.25, -0.2) is 4.72 Å². The van der Waals surface area contributed by atoms with E-state index in [-0.39, 0.29) is 6.04 Å². The second kappa shape index (κ2) is 7.72. The second-order valence-corrected chi connectivity index (χ2v) is 8.12. The minimum atomic E-state index is -3.49. The third-order valence-electron chi connectivity index (χ3n) is 4.28. The summed E-state index contributed by atoms with van der Waals surface area (Å²) in [7, 11) is -0.288. The van der Waals surface area contributed by atoms with Gasteiger partial charge >= 0.3 is 0 Å². The lowest BCUT2D eigenvalue weighted by Gasteiger charge is -2.37. The summed E-state index contributed by atoms with van der Waals surface area (Å²) < 4.78 is 40.3. The normalized spacial score (nSPS) is 18.5. The molecule has 24 heavy (non-hydrogen) atoms. The Morgan fingerprint density at radius 3 is 2.42 bits per heavy atom. The molecule has 0 fully saturated rings. The van der Waals surface area contributed by atoms with Crippen molar-refractivity contribution in [2.45, 2.75) is 39.7 Å². The van der Waals surface area contributed by atoms with E-state index in [2.05, 4.69) is 18.6 Å². The fourth-order valence-corrected chi connectivity index (χ4v) is 4.65. The maximum Gasteiger partial charge on any atom is 0.280 e. The Balaban J connectivity index is 2.52. The predicted octanol–water partition coefficient (Wildman–Crippen LogP) is 2.50. The van der Waals surface area contributed by atoms with Crippen LogP contribution in [-0.4, -0.2) is 40.0 Å². The van der Waals surface area contributed by atoms with Crippen LogP contribution in [0.5, 0.6) is 11.5 Å². The van der Waals surface area contributed by atoms with Gasteiger partial charge in [-0.3, -0.25) is 0 Å². The fourth-order valence-electron chi connectivity index (χ4n) is 3.25. The van der Waals surface area contributed by atoms with Crippen LogP contribution in [0.15, 0.2) is 12.1 Å². The molecule has 1 aromatic carbocycles. The molecule has 0 aromatic heterocycles. The van der Waals surface area contributed by atoms with E-state index < -0.39 is 10.2 Å². The third-order valence-corrected chi connectivity index (χ3v) is 5.99. The predicted molar refractivity (Wildman–Crippen MR) is 94.7 cm³/mol. The number of rotatable bonds is 7. The van der Waals surface area contributed by atoms with Gasteiger partial charge in [0.15, 0.2) is 11.5 Å². The van der Waals surface area contributed by atoms with E-state index in [1.807, 2.05) is 12.1 Å². The summed E-state index contributed by atoms with van der Waals surface area (Å²) in [6.07, 6.45) is 1.42. The van der Waals surface area contributed by atoms with Crippen molar-refractivity contribution in [2.24, 2.45) is 5.92 Å². The van der Waals surface area contributed by atoms with Crippen LogP contribution in [0.4, 0.5) is 0 Å². The van der Waals surface area contributed by atoms with E-state index in [0.717, 1.165) is 17.5 Å². The van der Waals surface area contributed by atoms with Gasteiger partial charge in [-0.05, 0) is 42.0 Å². The molecule has 1 atom stereocenters. The maximum absolute atomic E-state index is 12.6. The third kappa shape index (κ3) is 3.84. The molecular formula is C17H28N2O4S. The Hall–Kier alpha value is -1.31. The highest BCUT2D eigenvalue weighted by atomic mass is 32.2. The summed E-state index contributed by atoms with van der Waals surface area (Å²) in [5.41, 5.74) is 2.13. The number of ether oxygens (including phenoxy) is 2. The SMILES string of the molecule is CCNS(=O)(=O)N1CCc2cc(OC)c(OC)cc2C1CC(C)C. The molecule has 2 rings (SSSR count). The number of nitrogens with one attached hydrogen (secondary N) is 1. The molecule has 136 valence electrons. The van der Waals surface area contributed by atoms with Crippen molar-refractivity contribution in [1.82, 2.24) is 9.03 Å². The zero-order valence-electron chi connectivity index (χ0n) is 15.1. The number of nitrogens with zero attached hydrogens (tertiary/aromatic N) is 1. The van der Waals surface area contributed by atoms with E-state index in [9.17, 15) is 8.42 Å². The molecule has 1 N–H and O–H groups in total. The van der Waals surface area contributed by atoms with Crippen molar-refractivity contribution in [3.8, 4) is 11.5 Å². The highest BCUT2D eigenvalue weighted by Crippen LogP contribution is 2.41. The van der Waals surface area contributed by atoms with Gasteiger partial charge in [-0.1, -0.05) is 20.8 Å². The molecule has 0 radical (unpaired) electrons. The first-order chi connectivity index (χ1) is 11.3. The van der Waals surface area contributed by atoms with E-state index in [4.69, 9.17) is 9.47 Å². The van der Waals surface area contributed by atoms with Crippen molar-refractivity contribution < 1.29 is 17.9 Å². The molecule has 0 aliphatic carbocycles. The largest absolute Gasteiger partial charge is 0.493 e. The van der Waals surface area contributed by atoms with Crippen LogP contribution >= 0.6 is 0 Å². The Morgan fingerprint density at radius 1 is 1.25 bits per heavy atom. The molecule has 1 heterocycles. The van der Waals surface area contributed by atoms with Gasteiger partial charge < -0.3 is 9.47 Å². The molecule has 0 bridgehead atoms. The molecule has 0 saturated carbocycles. The first-order valence-electron chi connectivity index (χ1n) is 8.35. The van der Waals surface area contributed by atoms with Gasteiger partial charge in [-0.2, -0.15) is 12.7 Å². The summed E-state index contributed by atoms with van der Waals surface area (Å²) in [5, 5.41) is 0. The Morgan fingerprint density at radius 2 is 1.88 bits per heavy atom. The average Bonchev–Trinajstić information content (AvgIpc) is 2.53. The van der Waals surface area contributed by atoms with Crippen LogP contribution in [-0.2, 0) is 16.6 Å². The Bertz CT molecular complexity index is 673. The molecule has 1 aliphatic heterocycles. The zero-order valence-corrected chi connectivity index (χ0v) is 15.9. The van der Waals surface area contributed by atoms with Crippen LogP contribution in [0.1, 0.15) is 44.4 Å². The van der Waals surface area contributed by atoms with Crippen molar-refractivity contribution in [2.75, 3.05) is 27.3 Å². The Kier molecular flexibility index (Phi) is 6.11. The molecule has 1 aromatic rings. The summed E-state index contributed by atoms with van der Waals surface area (Å²) in [6.45, 7) is 6.85. The molecular weight excluding hydrogens is 328 g/mol. The van der Waals surface area contributed by atoms with Gasteiger partial charge in [0.25, 0.3) is 10.2 Å². The number of hydrogen-bond acceptors (Lipinski definition) is 4. The quantitative estimate of drug-likeness (QED) is 0.815. The Labute approximate surface area is 145 Å². The molecule has 0 amide bonds. The lowest BCUT2D eigenvalue weighted by atomic mass is 9.89. The van der Waals surface area contributed by atoms with Crippen LogP contribution in [0.25, 0.3) is 0 Å². The van der Waals surface area contributed by atoms with Gasteiger partial charge in [0.05, 0.1) is 20.3 Å². The standard InChI is InChI=1S/C17H28N2O4S/c1-6-18-24(20,21)19-8-7-13-10-16(22-4)17(23-5)11-14(13)15(19)9-12(2)3/h10-12,15,18H,6-9H2,1-5H3. The molecule has 1 unspecified atom stereocenters. The van der Waals surface area contributed by atoms with E-state index in [1.54, 1.807) is 25.4 Å².